The van der Waals surface area contributed by atoms with E-state index >= 15 is 0 Å². The second-order valence-corrected chi connectivity index (χ2v) is 6.06. The quantitative estimate of drug-likeness (QED) is 0.851. The van der Waals surface area contributed by atoms with Gasteiger partial charge in [0.05, 0.1) is 11.9 Å². The summed E-state index contributed by atoms with van der Waals surface area (Å²) in [6.07, 6.45) is 0.600. The first-order chi connectivity index (χ1) is 6.79. The van der Waals surface area contributed by atoms with Crippen LogP contribution in [0.25, 0.3) is 0 Å². The summed E-state index contributed by atoms with van der Waals surface area (Å²) in [7, 11) is -3.02. The molecule has 0 aromatic carbocycles. The Morgan fingerprint density at radius 3 is 2.47 bits per heavy atom. The van der Waals surface area contributed by atoms with Crippen LogP contribution in [-0.4, -0.2) is 25.5 Å². The van der Waals surface area contributed by atoms with E-state index in [-0.39, 0.29) is 12.2 Å². The van der Waals surface area contributed by atoms with E-state index in [1.54, 1.807) is 19.9 Å². The predicted molar refractivity (Wildman–Crippen MR) is 57.5 cm³/mol. The molecule has 15 heavy (non-hydrogen) atoms. The number of furan rings is 1. The minimum Gasteiger partial charge on any atom is -0.466 e. The van der Waals surface area contributed by atoms with E-state index in [2.05, 4.69) is 0 Å². The van der Waals surface area contributed by atoms with Gasteiger partial charge in [-0.3, -0.25) is 0 Å². The molecule has 0 amide bonds. The van der Waals surface area contributed by atoms with Gasteiger partial charge >= 0.3 is 0 Å². The molecular weight excluding hydrogens is 216 g/mol. The molecule has 0 radical (unpaired) electrons. The molecule has 86 valence electrons. The summed E-state index contributed by atoms with van der Waals surface area (Å²) in [4.78, 5) is 0. The van der Waals surface area contributed by atoms with Gasteiger partial charge < -0.3 is 9.52 Å². The van der Waals surface area contributed by atoms with E-state index in [9.17, 15) is 13.5 Å². The zero-order valence-electron chi connectivity index (χ0n) is 9.15. The summed E-state index contributed by atoms with van der Waals surface area (Å²) in [5, 5.41) is 9.75. The van der Waals surface area contributed by atoms with Crippen LogP contribution in [0.4, 0.5) is 0 Å². The maximum atomic E-state index is 10.9. The first-order valence-corrected chi connectivity index (χ1v) is 6.78. The maximum Gasteiger partial charge on any atom is 0.147 e. The largest absolute Gasteiger partial charge is 0.466 e. The lowest BCUT2D eigenvalue weighted by atomic mass is 10.1. The van der Waals surface area contributed by atoms with Crippen molar-refractivity contribution in [2.45, 2.75) is 26.4 Å². The highest BCUT2D eigenvalue weighted by Crippen LogP contribution is 2.24. The van der Waals surface area contributed by atoms with Crippen LogP contribution in [0, 0.1) is 13.8 Å². The summed E-state index contributed by atoms with van der Waals surface area (Å²) < 4.78 is 27.1. The number of rotatable bonds is 4. The number of hydrogen-bond donors (Lipinski definition) is 1. The maximum absolute atomic E-state index is 10.9. The van der Waals surface area contributed by atoms with Crippen LogP contribution in [0.5, 0.6) is 0 Å². The Morgan fingerprint density at radius 1 is 1.47 bits per heavy atom. The third-order valence-electron chi connectivity index (χ3n) is 2.20. The van der Waals surface area contributed by atoms with Gasteiger partial charge in [-0.25, -0.2) is 8.42 Å². The van der Waals surface area contributed by atoms with Crippen molar-refractivity contribution >= 4 is 9.84 Å². The van der Waals surface area contributed by atoms with Gasteiger partial charge in [0.2, 0.25) is 0 Å². The molecule has 0 aliphatic carbocycles. The first kappa shape index (κ1) is 12.3. The SMILES string of the molecule is Cc1cc(C(O)CCS(C)(=O)=O)c(C)o1. The Kier molecular flexibility index (Phi) is 3.57. The van der Waals surface area contributed by atoms with E-state index in [1.807, 2.05) is 0 Å². The van der Waals surface area contributed by atoms with Crippen molar-refractivity contribution < 1.29 is 17.9 Å². The van der Waals surface area contributed by atoms with Crippen LogP contribution in [0.15, 0.2) is 10.5 Å². The normalized spacial score (nSPS) is 14.1. The van der Waals surface area contributed by atoms with Gasteiger partial charge in [0, 0.05) is 11.8 Å². The van der Waals surface area contributed by atoms with Crippen molar-refractivity contribution in [2.75, 3.05) is 12.0 Å². The standard InChI is InChI=1S/C10H16O4S/c1-7-6-9(8(2)14-7)10(11)4-5-15(3,12)13/h6,10-11H,4-5H2,1-3H3. The molecule has 1 aromatic rings. The van der Waals surface area contributed by atoms with Crippen molar-refractivity contribution in [3.63, 3.8) is 0 Å². The third kappa shape index (κ3) is 3.68. The van der Waals surface area contributed by atoms with Crippen LogP contribution in [0.2, 0.25) is 0 Å². The number of aryl methyl sites for hydroxylation is 2. The first-order valence-electron chi connectivity index (χ1n) is 4.72. The predicted octanol–water partition coefficient (Wildman–Crippen LogP) is 1.36. The highest BCUT2D eigenvalue weighted by molar-refractivity contribution is 7.90. The van der Waals surface area contributed by atoms with Gasteiger partial charge in [0.15, 0.2) is 0 Å². The number of aliphatic hydroxyl groups excluding tert-OH is 1. The molecule has 0 bridgehead atoms. The van der Waals surface area contributed by atoms with E-state index in [0.29, 0.717) is 11.3 Å². The summed E-state index contributed by atoms with van der Waals surface area (Å²) >= 11 is 0. The van der Waals surface area contributed by atoms with E-state index in [1.165, 1.54) is 0 Å². The Balaban J connectivity index is 2.69. The Bertz CT molecular complexity index is 430. The van der Waals surface area contributed by atoms with Crippen LogP contribution < -0.4 is 0 Å². The monoisotopic (exact) mass is 232 g/mol. The highest BCUT2D eigenvalue weighted by atomic mass is 32.2. The lowest BCUT2D eigenvalue weighted by molar-refractivity contribution is 0.172. The Labute approximate surface area is 89.8 Å². The average Bonchev–Trinajstić information content (AvgIpc) is 2.40. The van der Waals surface area contributed by atoms with Crippen LogP contribution >= 0.6 is 0 Å². The lowest BCUT2D eigenvalue weighted by Crippen LogP contribution is -2.08. The van der Waals surface area contributed by atoms with E-state index < -0.39 is 15.9 Å². The van der Waals surface area contributed by atoms with E-state index in [0.717, 1.165) is 12.0 Å². The summed E-state index contributed by atoms with van der Waals surface area (Å²) in [5.41, 5.74) is 0.677. The lowest BCUT2D eigenvalue weighted by Gasteiger charge is -2.08. The molecule has 0 saturated carbocycles. The topological polar surface area (TPSA) is 67.5 Å². The molecule has 4 nitrogen and oxygen atoms in total. The van der Waals surface area contributed by atoms with Crippen molar-refractivity contribution in [1.29, 1.82) is 0 Å². The number of sulfone groups is 1. The molecule has 1 N–H and O–H groups in total. The molecule has 5 heteroatoms. The summed E-state index contributed by atoms with van der Waals surface area (Å²) in [6.45, 7) is 3.55. The summed E-state index contributed by atoms with van der Waals surface area (Å²) in [6, 6.07) is 1.74. The van der Waals surface area contributed by atoms with Gasteiger partial charge in [-0.1, -0.05) is 0 Å². The fraction of sp³-hybridized carbons (Fsp3) is 0.600. The van der Waals surface area contributed by atoms with Gasteiger partial charge in [-0.2, -0.15) is 0 Å². The van der Waals surface area contributed by atoms with Crippen molar-refractivity contribution in [3.8, 4) is 0 Å². The zero-order valence-corrected chi connectivity index (χ0v) is 9.97. The number of hydrogen-bond acceptors (Lipinski definition) is 4. The van der Waals surface area contributed by atoms with Crippen molar-refractivity contribution in [2.24, 2.45) is 0 Å². The molecule has 1 aromatic heterocycles. The second-order valence-electron chi connectivity index (χ2n) is 3.80. The second kappa shape index (κ2) is 4.37. The van der Waals surface area contributed by atoms with Crippen LogP contribution in [-0.2, 0) is 9.84 Å². The van der Waals surface area contributed by atoms with Gasteiger partial charge in [-0.05, 0) is 26.3 Å². The molecule has 1 unspecified atom stereocenters. The Hall–Kier alpha value is -0.810. The molecule has 1 heterocycles. The van der Waals surface area contributed by atoms with Crippen LogP contribution in [0.3, 0.4) is 0 Å². The molecule has 0 aliphatic rings. The van der Waals surface area contributed by atoms with E-state index in [4.69, 9.17) is 4.42 Å². The van der Waals surface area contributed by atoms with Crippen molar-refractivity contribution in [3.05, 3.63) is 23.2 Å². The molecule has 0 saturated heterocycles. The average molecular weight is 232 g/mol. The smallest absolute Gasteiger partial charge is 0.147 e. The molecule has 0 spiro atoms. The molecule has 1 rings (SSSR count). The Morgan fingerprint density at radius 2 is 2.07 bits per heavy atom. The van der Waals surface area contributed by atoms with Gasteiger partial charge in [-0.15, -0.1) is 0 Å². The number of aliphatic hydroxyl groups is 1. The fourth-order valence-electron chi connectivity index (χ4n) is 1.46. The fourth-order valence-corrected chi connectivity index (χ4v) is 2.11. The van der Waals surface area contributed by atoms with Crippen molar-refractivity contribution in [1.82, 2.24) is 0 Å². The zero-order chi connectivity index (χ0) is 11.6. The molecule has 0 fully saturated rings. The highest BCUT2D eigenvalue weighted by Gasteiger charge is 2.16. The summed E-state index contributed by atoms with van der Waals surface area (Å²) in [5.74, 6) is 1.35. The molecule has 0 aliphatic heterocycles. The van der Waals surface area contributed by atoms with Crippen LogP contribution in [0.1, 0.15) is 29.6 Å². The van der Waals surface area contributed by atoms with Gasteiger partial charge in [0.1, 0.15) is 21.4 Å². The minimum absolute atomic E-state index is 0.0160. The molecule has 1 atom stereocenters. The van der Waals surface area contributed by atoms with Gasteiger partial charge in [0.25, 0.3) is 0 Å². The third-order valence-corrected chi connectivity index (χ3v) is 3.18. The molecular formula is C10H16O4S. The minimum atomic E-state index is -3.02.